The normalized spacial score (nSPS) is 10.8. The van der Waals surface area contributed by atoms with Crippen LogP contribution in [0, 0.1) is 0 Å². The van der Waals surface area contributed by atoms with Gasteiger partial charge in [-0.15, -0.1) is 0 Å². The van der Waals surface area contributed by atoms with Crippen molar-refractivity contribution in [1.29, 1.82) is 0 Å². The summed E-state index contributed by atoms with van der Waals surface area (Å²) in [6.07, 6.45) is 19.2. The summed E-state index contributed by atoms with van der Waals surface area (Å²) in [6.45, 7) is 2.28. The number of aryl methyl sites for hydroxylation is 1. The molecule has 25 heavy (non-hydrogen) atoms. The highest BCUT2D eigenvalue weighted by atomic mass is 16.5. The fraction of sp³-hybridized carbons (Fsp3) is 0.739. The molecule has 0 fully saturated rings. The molecule has 0 saturated heterocycles. The Kier molecular flexibility index (Phi) is 13.2. The van der Waals surface area contributed by atoms with E-state index in [9.17, 15) is 0 Å². The van der Waals surface area contributed by atoms with Gasteiger partial charge in [0.25, 0.3) is 0 Å². The second-order valence-electron chi connectivity index (χ2n) is 7.17. The van der Waals surface area contributed by atoms with Gasteiger partial charge in [0.05, 0.1) is 14.2 Å². The van der Waals surface area contributed by atoms with Crippen molar-refractivity contribution in [2.45, 2.75) is 96.8 Å². The smallest absolute Gasteiger partial charge is 0.122 e. The SMILES string of the molecule is CCCCCCCCCCCCCCCc1cc(OC)ccc1OC. The van der Waals surface area contributed by atoms with Gasteiger partial charge in [-0.1, -0.05) is 84.0 Å². The van der Waals surface area contributed by atoms with Crippen LogP contribution < -0.4 is 9.47 Å². The summed E-state index contributed by atoms with van der Waals surface area (Å²) < 4.78 is 10.8. The van der Waals surface area contributed by atoms with Crippen molar-refractivity contribution in [2.24, 2.45) is 0 Å². The molecule has 0 radical (unpaired) electrons. The van der Waals surface area contributed by atoms with Crippen LogP contribution in [0.3, 0.4) is 0 Å². The Morgan fingerprint density at radius 1 is 0.640 bits per heavy atom. The van der Waals surface area contributed by atoms with Gasteiger partial charge < -0.3 is 9.47 Å². The van der Waals surface area contributed by atoms with E-state index in [1.807, 2.05) is 12.1 Å². The van der Waals surface area contributed by atoms with E-state index in [-0.39, 0.29) is 0 Å². The molecular formula is C23H40O2. The molecule has 0 N–H and O–H groups in total. The predicted octanol–water partition coefficient (Wildman–Crippen LogP) is 7.34. The highest BCUT2D eigenvalue weighted by Gasteiger charge is 2.04. The van der Waals surface area contributed by atoms with Crippen LogP contribution in [0.2, 0.25) is 0 Å². The number of hydrogen-bond acceptors (Lipinski definition) is 2. The van der Waals surface area contributed by atoms with Crippen molar-refractivity contribution in [2.75, 3.05) is 14.2 Å². The Morgan fingerprint density at radius 2 is 1.16 bits per heavy atom. The van der Waals surface area contributed by atoms with Crippen molar-refractivity contribution in [1.82, 2.24) is 0 Å². The highest BCUT2D eigenvalue weighted by molar-refractivity contribution is 5.40. The third kappa shape index (κ3) is 10.4. The van der Waals surface area contributed by atoms with Crippen LogP contribution in [-0.4, -0.2) is 14.2 Å². The maximum absolute atomic E-state index is 5.45. The van der Waals surface area contributed by atoms with Gasteiger partial charge in [-0.2, -0.15) is 0 Å². The van der Waals surface area contributed by atoms with Crippen LogP contribution >= 0.6 is 0 Å². The first-order chi connectivity index (χ1) is 12.3. The van der Waals surface area contributed by atoms with E-state index in [1.54, 1.807) is 14.2 Å². The quantitative estimate of drug-likeness (QED) is 0.291. The summed E-state index contributed by atoms with van der Waals surface area (Å²) >= 11 is 0. The fourth-order valence-corrected chi connectivity index (χ4v) is 3.41. The van der Waals surface area contributed by atoms with E-state index in [2.05, 4.69) is 13.0 Å². The largest absolute Gasteiger partial charge is 0.497 e. The molecule has 0 unspecified atom stereocenters. The molecule has 0 amide bonds. The van der Waals surface area contributed by atoms with Crippen LogP contribution in [0.4, 0.5) is 0 Å². The maximum atomic E-state index is 5.45. The third-order valence-corrected chi connectivity index (χ3v) is 5.04. The van der Waals surface area contributed by atoms with E-state index in [1.165, 1.54) is 89.0 Å². The zero-order chi connectivity index (χ0) is 18.2. The fourth-order valence-electron chi connectivity index (χ4n) is 3.41. The summed E-state index contributed by atoms with van der Waals surface area (Å²) in [5, 5.41) is 0. The average Bonchev–Trinajstić information content (AvgIpc) is 2.65. The van der Waals surface area contributed by atoms with Crippen molar-refractivity contribution in [3.8, 4) is 11.5 Å². The first kappa shape index (κ1) is 21.9. The molecule has 0 bridgehead atoms. The molecule has 1 rings (SSSR count). The summed E-state index contributed by atoms with van der Waals surface area (Å²) in [5.41, 5.74) is 1.27. The third-order valence-electron chi connectivity index (χ3n) is 5.04. The van der Waals surface area contributed by atoms with Crippen molar-refractivity contribution in [3.63, 3.8) is 0 Å². The predicted molar refractivity (Wildman–Crippen MR) is 109 cm³/mol. The Balaban J connectivity index is 1.98. The van der Waals surface area contributed by atoms with Crippen LogP contribution in [0.5, 0.6) is 11.5 Å². The Bertz CT molecular complexity index is 428. The topological polar surface area (TPSA) is 18.5 Å². The molecule has 0 heterocycles. The zero-order valence-electron chi connectivity index (χ0n) is 16.9. The van der Waals surface area contributed by atoms with Crippen LogP contribution in [0.15, 0.2) is 18.2 Å². The second-order valence-corrected chi connectivity index (χ2v) is 7.17. The average molecular weight is 349 g/mol. The van der Waals surface area contributed by atoms with E-state index in [0.29, 0.717) is 0 Å². The van der Waals surface area contributed by atoms with E-state index in [0.717, 1.165) is 17.9 Å². The molecule has 0 aliphatic carbocycles. The first-order valence-electron chi connectivity index (χ1n) is 10.5. The van der Waals surface area contributed by atoms with Crippen molar-refractivity contribution < 1.29 is 9.47 Å². The number of ether oxygens (including phenoxy) is 2. The molecule has 0 atom stereocenters. The lowest BCUT2D eigenvalue weighted by Gasteiger charge is -2.10. The summed E-state index contributed by atoms with van der Waals surface area (Å²) in [5.74, 6) is 1.91. The number of hydrogen-bond donors (Lipinski definition) is 0. The van der Waals surface area contributed by atoms with E-state index < -0.39 is 0 Å². The summed E-state index contributed by atoms with van der Waals surface area (Å²) in [7, 11) is 3.46. The van der Waals surface area contributed by atoms with Crippen LogP contribution in [0.25, 0.3) is 0 Å². The Labute approximate surface area is 156 Å². The van der Waals surface area contributed by atoms with Gasteiger partial charge in [0.15, 0.2) is 0 Å². The summed E-state index contributed by atoms with van der Waals surface area (Å²) in [4.78, 5) is 0. The summed E-state index contributed by atoms with van der Waals surface area (Å²) in [6, 6.07) is 6.09. The van der Waals surface area contributed by atoms with Crippen LogP contribution in [0.1, 0.15) is 96.0 Å². The minimum Gasteiger partial charge on any atom is -0.497 e. The van der Waals surface area contributed by atoms with Gasteiger partial charge in [-0.3, -0.25) is 0 Å². The van der Waals surface area contributed by atoms with Gasteiger partial charge >= 0.3 is 0 Å². The standard InChI is InChI=1S/C23H40O2/c1-4-5-6-7-8-9-10-11-12-13-14-15-16-17-21-20-22(24-2)18-19-23(21)25-3/h18-20H,4-17H2,1-3H3. The maximum Gasteiger partial charge on any atom is 0.122 e. The van der Waals surface area contributed by atoms with E-state index >= 15 is 0 Å². The van der Waals surface area contributed by atoms with Gasteiger partial charge in [0.2, 0.25) is 0 Å². The van der Waals surface area contributed by atoms with Gasteiger partial charge in [0.1, 0.15) is 11.5 Å². The molecule has 2 nitrogen and oxygen atoms in total. The molecule has 0 spiro atoms. The molecule has 0 aliphatic heterocycles. The minimum absolute atomic E-state index is 0.922. The number of rotatable bonds is 16. The number of unbranched alkanes of at least 4 members (excludes halogenated alkanes) is 12. The zero-order valence-corrected chi connectivity index (χ0v) is 16.9. The van der Waals surface area contributed by atoms with Crippen molar-refractivity contribution in [3.05, 3.63) is 23.8 Å². The van der Waals surface area contributed by atoms with Gasteiger partial charge in [-0.05, 0) is 36.6 Å². The highest BCUT2D eigenvalue weighted by Crippen LogP contribution is 2.25. The molecule has 1 aromatic carbocycles. The lowest BCUT2D eigenvalue weighted by atomic mass is 10.0. The number of methoxy groups -OCH3 is 2. The molecule has 1 aromatic rings. The van der Waals surface area contributed by atoms with Crippen LogP contribution in [-0.2, 0) is 6.42 Å². The lowest BCUT2D eigenvalue weighted by molar-refractivity contribution is 0.398. The molecule has 2 heteroatoms. The van der Waals surface area contributed by atoms with Gasteiger partial charge in [-0.25, -0.2) is 0 Å². The molecular weight excluding hydrogens is 308 g/mol. The molecule has 144 valence electrons. The minimum atomic E-state index is 0.922. The first-order valence-corrected chi connectivity index (χ1v) is 10.5. The van der Waals surface area contributed by atoms with Gasteiger partial charge in [0, 0.05) is 0 Å². The Morgan fingerprint density at radius 3 is 1.64 bits per heavy atom. The molecule has 0 aromatic heterocycles. The Hall–Kier alpha value is -1.18. The lowest BCUT2D eigenvalue weighted by Crippen LogP contribution is -1.94. The van der Waals surface area contributed by atoms with E-state index in [4.69, 9.17) is 9.47 Å². The van der Waals surface area contributed by atoms with Crippen molar-refractivity contribution >= 4 is 0 Å². The second kappa shape index (κ2) is 15.1. The molecule has 0 saturated carbocycles. The number of benzene rings is 1. The molecule has 0 aliphatic rings. The monoisotopic (exact) mass is 348 g/mol.